The zero-order valence-electron chi connectivity index (χ0n) is 15.8. The fraction of sp³-hybridized carbons (Fsp3) is 0.455. The summed E-state index contributed by atoms with van der Waals surface area (Å²) >= 11 is 0. The van der Waals surface area contributed by atoms with Crippen LogP contribution in [0.2, 0.25) is 0 Å². The molecule has 146 valence electrons. The average Bonchev–Trinajstić information content (AvgIpc) is 2.75. The third-order valence-electron chi connectivity index (χ3n) is 6.59. The molecule has 0 saturated carbocycles. The first kappa shape index (κ1) is 17.6. The number of ether oxygens (including phenoxy) is 1. The van der Waals surface area contributed by atoms with Crippen LogP contribution in [0, 0.1) is 5.95 Å². The third-order valence-corrected chi connectivity index (χ3v) is 6.59. The van der Waals surface area contributed by atoms with Crippen LogP contribution in [-0.2, 0) is 14.9 Å². The standard InChI is InChI=1S/C22H24FN3O2/c23-20-13-17(6-9-24-20)25-14-18-12-19(15-25)26(18)21(27)22(7-10-28-11-8-22)16-4-2-1-3-5-16/h1-6,9,13,18-19H,7-8,10-12,14-15H2. The van der Waals surface area contributed by atoms with Gasteiger partial charge in [0.2, 0.25) is 11.9 Å². The number of anilines is 1. The highest BCUT2D eigenvalue weighted by Gasteiger charge is 2.53. The smallest absolute Gasteiger partial charge is 0.234 e. The zero-order valence-corrected chi connectivity index (χ0v) is 15.8. The summed E-state index contributed by atoms with van der Waals surface area (Å²) in [5.74, 6) is -0.223. The lowest BCUT2D eigenvalue weighted by Crippen LogP contribution is -2.73. The van der Waals surface area contributed by atoms with Gasteiger partial charge in [0.25, 0.3) is 0 Å². The molecule has 4 saturated heterocycles. The molecular weight excluding hydrogens is 357 g/mol. The van der Waals surface area contributed by atoms with Crippen molar-refractivity contribution in [3.05, 3.63) is 60.2 Å². The Labute approximate surface area is 164 Å². The molecule has 2 atom stereocenters. The van der Waals surface area contributed by atoms with Crippen molar-refractivity contribution in [2.24, 2.45) is 0 Å². The quantitative estimate of drug-likeness (QED) is 0.767. The van der Waals surface area contributed by atoms with Gasteiger partial charge < -0.3 is 14.5 Å². The summed E-state index contributed by atoms with van der Waals surface area (Å²) in [5.41, 5.74) is 1.46. The van der Waals surface area contributed by atoms with Crippen LogP contribution in [0.25, 0.3) is 0 Å². The Morgan fingerprint density at radius 3 is 2.50 bits per heavy atom. The van der Waals surface area contributed by atoms with Crippen molar-refractivity contribution in [1.29, 1.82) is 0 Å². The number of aromatic nitrogens is 1. The average molecular weight is 381 g/mol. The molecule has 5 nitrogen and oxygen atoms in total. The second-order valence-corrected chi connectivity index (χ2v) is 8.06. The number of carbonyl (C=O) groups excluding carboxylic acids is 1. The number of hydrogen-bond donors (Lipinski definition) is 0. The van der Waals surface area contributed by atoms with Crippen LogP contribution >= 0.6 is 0 Å². The van der Waals surface area contributed by atoms with Gasteiger partial charge in [0.15, 0.2) is 0 Å². The van der Waals surface area contributed by atoms with Gasteiger partial charge in [-0.15, -0.1) is 0 Å². The molecule has 1 aromatic heterocycles. The Balaban J connectivity index is 1.39. The molecule has 28 heavy (non-hydrogen) atoms. The van der Waals surface area contributed by atoms with Gasteiger partial charge in [-0.3, -0.25) is 4.79 Å². The molecule has 4 fully saturated rings. The molecule has 0 radical (unpaired) electrons. The van der Waals surface area contributed by atoms with E-state index in [-0.39, 0.29) is 18.0 Å². The number of benzene rings is 1. The van der Waals surface area contributed by atoms with E-state index in [1.807, 2.05) is 24.3 Å². The molecule has 5 heterocycles. The van der Waals surface area contributed by atoms with Gasteiger partial charge in [0.1, 0.15) is 0 Å². The minimum Gasteiger partial charge on any atom is -0.381 e. The minimum absolute atomic E-state index is 0.186. The van der Waals surface area contributed by atoms with Crippen LogP contribution in [0.4, 0.5) is 10.1 Å². The van der Waals surface area contributed by atoms with E-state index in [1.165, 1.54) is 12.3 Å². The summed E-state index contributed by atoms with van der Waals surface area (Å²) in [6, 6.07) is 13.8. The number of nitrogens with zero attached hydrogens (tertiary/aromatic N) is 3. The highest BCUT2D eigenvalue weighted by atomic mass is 19.1. The number of pyridine rings is 1. The van der Waals surface area contributed by atoms with E-state index in [4.69, 9.17) is 4.74 Å². The van der Waals surface area contributed by atoms with Crippen molar-refractivity contribution in [1.82, 2.24) is 9.88 Å². The van der Waals surface area contributed by atoms with E-state index in [1.54, 1.807) is 0 Å². The Hall–Kier alpha value is -2.47. The Morgan fingerprint density at radius 1 is 1.11 bits per heavy atom. The van der Waals surface area contributed by atoms with Gasteiger partial charge in [0, 0.05) is 44.3 Å². The van der Waals surface area contributed by atoms with E-state index in [9.17, 15) is 9.18 Å². The van der Waals surface area contributed by atoms with E-state index in [0.717, 1.165) is 43.6 Å². The van der Waals surface area contributed by atoms with Crippen LogP contribution < -0.4 is 4.90 Å². The fourth-order valence-corrected chi connectivity index (χ4v) is 5.09. The maximum Gasteiger partial charge on any atom is 0.234 e. The molecule has 0 N–H and O–H groups in total. The van der Waals surface area contributed by atoms with Crippen molar-refractivity contribution >= 4 is 11.6 Å². The number of fused-ring (bicyclic) bond motifs is 2. The number of amides is 1. The van der Waals surface area contributed by atoms with Gasteiger partial charge >= 0.3 is 0 Å². The number of carbonyl (C=O) groups is 1. The largest absolute Gasteiger partial charge is 0.381 e. The number of piperidine rings is 1. The summed E-state index contributed by atoms with van der Waals surface area (Å²) < 4.78 is 19.1. The summed E-state index contributed by atoms with van der Waals surface area (Å²) in [6.07, 6.45) is 3.98. The molecule has 2 aromatic rings. The Morgan fingerprint density at radius 2 is 1.82 bits per heavy atom. The normalized spacial score (nSPS) is 25.9. The highest BCUT2D eigenvalue weighted by Crippen LogP contribution is 2.43. The fourth-order valence-electron chi connectivity index (χ4n) is 5.09. The summed E-state index contributed by atoms with van der Waals surface area (Å²) in [7, 11) is 0. The second-order valence-electron chi connectivity index (χ2n) is 8.06. The van der Waals surface area contributed by atoms with Crippen molar-refractivity contribution in [3.8, 4) is 0 Å². The number of halogens is 1. The van der Waals surface area contributed by atoms with E-state index in [0.29, 0.717) is 13.2 Å². The van der Waals surface area contributed by atoms with Gasteiger partial charge in [-0.25, -0.2) is 4.98 Å². The molecule has 2 bridgehead atoms. The Bertz CT molecular complexity index is 857. The van der Waals surface area contributed by atoms with Crippen molar-refractivity contribution in [2.75, 3.05) is 31.2 Å². The van der Waals surface area contributed by atoms with Crippen LogP contribution in [0.3, 0.4) is 0 Å². The van der Waals surface area contributed by atoms with Crippen molar-refractivity contribution in [3.63, 3.8) is 0 Å². The van der Waals surface area contributed by atoms with E-state index < -0.39 is 11.4 Å². The molecule has 0 aliphatic carbocycles. The molecule has 0 spiro atoms. The highest BCUT2D eigenvalue weighted by molar-refractivity contribution is 5.90. The molecule has 4 aliphatic heterocycles. The van der Waals surface area contributed by atoms with Crippen molar-refractivity contribution < 1.29 is 13.9 Å². The first-order valence-electron chi connectivity index (χ1n) is 10.00. The molecule has 6 heteroatoms. The topological polar surface area (TPSA) is 45.7 Å². The number of hydrogen-bond acceptors (Lipinski definition) is 4. The molecule has 2 unspecified atom stereocenters. The molecule has 4 aliphatic rings. The number of rotatable bonds is 3. The molecular formula is C22H24FN3O2. The first-order valence-corrected chi connectivity index (χ1v) is 10.00. The molecule has 6 rings (SSSR count). The number of piperazine rings is 1. The van der Waals surface area contributed by atoms with E-state index >= 15 is 0 Å². The summed E-state index contributed by atoms with van der Waals surface area (Å²) in [4.78, 5) is 21.7. The van der Waals surface area contributed by atoms with E-state index in [2.05, 4.69) is 26.9 Å². The first-order chi connectivity index (χ1) is 13.7. The summed E-state index contributed by atoms with van der Waals surface area (Å²) in [5, 5.41) is 0. The van der Waals surface area contributed by atoms with Crippen LogP contribution in [0.1, 0.15) is 24.8 Å². The van der Waals surface area contributed by atoms with Crippen LogP contribution in [0.15, 0.2) is 48.7 Å². The lowest BCUT2D eigenvalue weighted by atomic mass is 9.71. The lowest BCUT2D eigenvalue weighted by molar-refractivity contribution is -0.156. The van der Waals surface area contributed by atoms with Gasteiger partial charge in [-0.2, -0.15) is 4.39 Å². The monoisotopic (exact) mass is 381 g/mol. The lowest BCUT2D eigenvalue weighted by Gasteiger charge is -2.59. The van der Waals surface area contributed by atoms with Gasteiger partial charge in [-0.05, 0) is 30.9 Å². The van der Waals surface area contributed by atoms with Crippen molar-refractivity contribution in [2.45, 2.75) is 36.8 Å². The SMILES string of the molecule is O=C(N1C2CC1CN(c1ccnc(F)c1)C2)C1(c2ccccc2)CCOCC1. The predicted molar refractivity (Wildman–Crippen MR) is 104 cm³/mol. The Kier molecular flexibility index (Phi) is 4.31. The molecule has 1 aromatic carbocycles. The second kappa shape index (κ2) is 6.85. The van der Waals surface area contributed by atoms with Crippen LogP contribution in [-0.4, -0.2) is 54.2 Å². The minimum atomic E-state index is -0.485. The maximum atomic E-state index is 13.8. The summed E-state index contributed by atoms with van der Waals surface area (Å²) in [6.45, 7) is 2.72. The molecule has 1 amide bonds. The van der Waals surface area contributed by atoms with Gasteiger partial charge in [0.05, 0.1) is 17.5 Å². The predicted octanol–water partition coefficient (Wildman–Crippen LogP) is 2.76. The zero-order chi connectivity index (χ0) is 19.1. The van der Waals surface area contributed by atoms with Crippen LogP contribution in [0.5, 0.6) is 0 Å². The third kappa shape index (κ3) is 2.78. The van der Waals surface area contributed by atoms with Gasteiger partial charge in [-0.1, -0.05) is 30.3 Å². The maximum absolute atomic E-state index is 13.8.